The molecule has 0 aromatic carbocycles. The maximum absolute atomic E-state index is 3.75. The molecule has 1 aromatic rings. The Hall–Kier alpha value is -0.380. The van der Waals surface area contributed by atoms with Gasteiger partial charge in [-0.05, 0) is 68.3 Å². The van der Waals surface area contributed by atoms with E-state index in [-0.39, 0.29) is 5.54 Å². The molecular weight excluding hydrogens is 252 g/mol. The molecule has 0 bridgehead atoms. The van der Waals surface area contributed by atoms with Crippen LogP contribution in [0.2, 0.25) is 0 Å². The van der Waals surface area contributed by atoms with E-state index in [4.69, 9.17) is 0 Å². The van der Waals surface area contributed by atoms with Crippen molar-refractivity contribution in [3.05, 3.63) is 22.4 Å². The van der Waals surface area contributed by atoms with Crippen LogP contribution in [0.3, 0.4) is 0 Å². The highest BCUT2D eigenvalue weighted by Gasteiger charge is 2.49. The average molecular weight is 278 g/mol. The normalized spacial score (nSPS) is 31.5. The van der Waals surface area contributed by atoms with Crippen molar-refractivity contribution < 1.29 is 0 Å². The minimum atomic E-state index is 0.253. The molecule has 106 valence electrons. The van der Waals surface area contributed by atoms with E-state index in [0.717, 1.165) is 12.5 Å². The van der Waals surface area contributed by atoms with Crippen LogP contribution in [-0.2, 0) is 6.42 Å². The Kier molecular flexibility index (Phi) is 3.48. The lowest BCUT2D eigenvalue weighted by Gasteiger charge is -2.52. The molecule has 0 amide bonds. The van der Waals surface area contributed by atoms with E-state index in [1.807, 2.05) is 11.3 Å². The molecule has 1 aromatic heterocycles. The summed E-state index contributed by atoms with van der Waals surface area (Å²) in [7, 11) is 0. The SMILES string of the molecule is CC1(C)CN(CCc2ccsc2)C(C)(C2CC2)CN1. The maximum Gasteiger partial charge on any atom is 0.0335 e. The van der Waals surface area contributed by atoms with Crippen molar-refractivity contribution in [2.75, 3.05) is 19.6 Å². The lowest BCUT2D eigenvalue weighted by Crippen LogP contribution is -2.68. The first-order valence-corrected chi connectivity index (χ1v) is 8.45. The molecule has 1 aliphatic carbocycles. The van der Waals surface area contributed by atoms with E-state index < -0.39 is 0 Å². The van der Waals surface area contributed by atoms with Gasteiger partial charge in [-0.15, -0.1) is 0 Å². The van der Waals surface area contributed by atoms with Gasteiger partial charge in [0, 0.05) is 30.7 Å². The highest BCUT2D eigenvalue weighted by molar-refractivity contribution is 7.07. The first kappa shape index (κ1) is 13.6. The Morgan fingerprint density at radius 3 is 2.79 bits per heavy atom. The molecule has 1 saturated heterocycles. The van der Waals surface area contributed by atoms with Crippen LogP contribution >= 0.6 is 11.3 Å². The van der Waals surface area contributed by atoms with E-state index in [1.54, 1.807) is 0 Å². The third kappa shape index (κ3) is 2.88. The molecule has 2 heterocycles. The summed E-state index contributed by atoms with van der Waals surface area (Å²) in [6.45, 7) is 10.7. The molecule has 1 atom stereocenters. The third-order valence-corrected chi connectivity index (χ3v) is 5.67. The van der Waals surface area contributed by atoms with Crippen LogP contribution in [0.1, 0.15) is 39.2 Å². The summed E-state index contributed by atoms with van der Waals surface area (Å²) in [4.78, 5) is 2.76. The van der Waals surface area contributed by atoms with Crippen LogP contribution in [-0.4, -0.2) is 35.6 Å². The van der Waals surface area contributed by atoms with Crippen LogP contribution in [0.5, 0.6) is 0 Å². The van der Waals surface area contributed by atoms with Crippen LogP contribution in [0.25, 0.3) is 0 Å². The minimum Gasteiger partial charge on any atom is -0.309 e. The molecule has 2 aliphatic rings. The molecule has 2 fully saturated rings. The van der Waals surface area contributed by atoms with Crippen molar-refractivity contribution in [2.24, 2.45) is 5.92 Å². The van der Waals surface area contributed by atoms with Gasteiger partial charge in [0.15, 0.2) is 0 Å². The highest BCUT2D eigenvalue weighted by atomic mass is 32.1. The lowest BCUT2D eigenvalue weighted by atomic mass is 9.86. The molecule has 19 heavy (non-hydrogen) atoms. The van der Waals surface area contributed by atoms with Crippen molar-refractivity contribution in [1.29, 1.82) is 0 Å². The van der Waals surface area contributed by atoms with Gasteiger partial charge in [0.1, 0.15) is 0 Å². The predicted octanol–water partition coefficient (Wildman–Crippen LogP) is 3.14. The number of hydrogen-bond donors (Lipinski definition) is 1. The Labute approximate surface area is 121 Å². The number of nitrogens with zero attached hydrogens (tertiary/aromatic N) is 1. The molecule has 0 radical (unpaired) electrons. The van der Waals surface area contributed by atoms with E-state index >= 15 is 0 Å². The quantitative estimate of drug-likeness (QED) is 0.910. The van der Waals surface area contributed by atoms with E-state index in [9.17, 15) is 0 Å². The van der Waals surface area contributed by atoms with E-state index in [1.165, 1.54) is 37.9 Å². The molecule has 1 saturated carbocycles. The highest BCUT2D eigenvalue weighted by Crippen LogP contribution is 2.44. The van der Waals surface area contributed by atoms with Gasteiger partial charge in [0.05, 0.1) is 0 Å². The summed E-state index contributed by atoms with van der Waals surface area (Å²) >= 11 is 1.81. The number of hydrogen-bond acceptors (Lipinski definition) is 3. The predicted molar refractivity (Wildman–Crippen MR) is 82.8 cm³/mol. The molecule has 0 spiro atoms. The number of rotatable bonds is 4. The smallest absolute Gasteiger partial charge is 0.0335 e. The minimum absolute atomic E-state index is 0.253. The maximum atomic E-state index is 3.75. The first-order valence-electron chi connectivity index (χ1n) is 7.51. The van der Waals surface area contributed by atoms with E-state index in [2.05, 4.69) is 47.8 Å². The Morgan fingerprint density at radius 2 is 2.16 bits per heavy atom. The summed E-state index contributed by atoms with van der Waals surface area (Å²) < 4.78 is 0. The second-order valence-electron chi connectivity index (χ2n) is 7.17. The van der Waals surface area contributed by atoms with Crippen LogP contribution in [0.15, 0.2) is 16.8 Å². The molecule has 3 heteroatoms. The molecule has 2 nitrogen and oxygen atoms in total. The summed E-state index contributed by atoms with van der Waals surface area (Å²) in [5, 5.41) is 8.24. The summed E-state index contributed by atoms with van der Waals surface area (Å²) in [5.74, 6) is 0.915. The van der Waals surface area contributed by atoms with Gasteiger partial charge in [-0.25, -0.2) is 0 Å². The van der Waals surface area contributed by atoms with Crippen LogP contribution < -0.4 is 5.32 Å². The molecule has 3 rings (SSSR count). The van der Waals surface area contributed by atoms with Gasteiger partial charge in [-0.2, -0.15) is 11.3 Å². The number of thiophene rings is 1. The van der Waals surface area contributed by atoms with Crippen molar-refractivity contribution >= 4 is 11.3 Å². The molecule has 1 unspecified atom stereocenters. The largest absolute Gasteiger partial charge is 0.309 e. The second-order valence-corrected chi connectivity index (χ2v) is 7.95. The number of nitrogens with one attached hydrogen (secondary N) is 1. The average Bonchev–Trinajstić information content (AvgIpc) is 3.09. The van der Waals surface area contributed by atoms with Gasteiger partial charge in [0.25, 0.3) is 0 Å². The zero-order chi connectivity index (χ0) is 13.5. The lowest BCUT2D eigenvalue weighted by molar-refractivity contribution is 0.0129. The van der Waals surface area contributed by atoms with Gasteiger partial charge >= 0.3 is 0 Å². The van der Waals surface area contributed by atoms with Gasteiger partial charge in [-0.3, -0.25) is 4.90 Å². The fraction of sp³-hybridized carbons (Fsp3) is 0.750. The summed E-state index contributed by atoms with van der Waals surface area (Å²) in [6.07, 6.45) is 4.04. The standard InChI is InChI=1S/C16H26N2S/c1-15(2)12-18(8-6-13-7-9-19-10-13)16(3,11-17-15)14-4-5-14/h7,9-10,14,17H,4-6,8,11-12H2,1-3H3. The van der Waals surface area contributed by atoms with Gasteiger partial charge in [0.2, 0.25) is 0 Å². The molecule has 1 aliphatic heterocycles. The Morgan fingerprint density at radius 1 is 1.37 bits per heavy atom. The van der Waals surface area contributed by atoms with Crippen molar-refractivity contribution in [3.8, 4) is 0 Å². The monoisotopic (exact) mass is 278 g/mol. The molecule has 1 N–H and O–H groups in total. The zero-order valence-electron chi connectivity index (χ0n) is 12.4. The fourth-order valence-electron chi connectivity index (χ4n) is 3.38. The summed E-state index contributed by atoms with van der Waals surface area (Å²) in [6, 6.07) is 2.27. The van der Waals surface area contributed by atoms with Gasteiger partial charge in [-0.1, -0.05) is 0 Å². The van der Waals surface area contributed by atoms with Crippen LogP contribution in [0, 0.1) is 5.92 Å². The topological polar surface area (TPSA) is 15.3 Å². The van der Waals surface area contributed by atoms with Gasteiger partial charge < -0.3 is 5.32 Å². The molecular formula is C16H26N2S. The zero-order valence-corrected chi connectivity index (χ0v) is 13.2. The first-order chi connectivity index (χ1) is 9.00. The van der Waals surface area contributed by atoms with Crippen molar-refractivity contribution in [3.63, 3.8) is 0 Å². The third-order valence-electron chi connectivity index (χ3n) is 4.94. The fourth-order valence-corrected chi connectivity index (χ4v) is 4.09. The van der Waals surface area contributed by atoms with Crippen LogP contribution in [0.4, 0.5) is 0 Å². The van der Waals surface area contributed by atoms with E-state index in [0.29, 0.717) is 5.54 Å². The second kappa shape index (κ2) is 4.87. The number of piperazine rings is 1. The van der Waals surface area contributed by atoms with Crippen molar-refractivity contribution in [1.82, 2.24) is 10.2 Å². The Bertz CT molecular complexity index is 422. The summed E-state index contributed by atoms with van der Waals surface area (Å²) in [5.41, 5.74) is 2.13. The Balaban J connectivity index is 1.70. The van der Waals surface area contributed by atoms with Crippen molar-refractivity contribution in [2.45, 2.75) is 51.1 Å².